The van der Waals surface area contributed by atoms with Crippen LogP contribution in [-0.2, 0) is 9.53 Å². The van der Waals surface area contributed by atoms with Gasteiger partial charge in [0.15, 0.2) is 6.61 Å². The second kappa shape index (κ2) is 12.9. The van der Waals surface area contributed by atoms with E-state index in [-0.39, 0.29) is 12.4 Å². The lowest BCUT2D eigenvalue weighted by Gasteiger charge is -2.12. The highest BCUT2D eigenvalue weighted by Gasteiger charge is 2.08. The van der Waals surface area contributed by atoms with E-state index in [9.17, 15) is 9.18 Å². The molecule has 0 saturated carbocycles. The molecule has 0 atom stereocenters. The predicted octanol–water partition coefficient (Wildman–Crippen LogP) is 6.60. The van der Waals surface area contributed by atoms with E-state index in [1.807, 2.05) is 73.7 Å². The molecule has 38 heavy (non-hydrogen) atoms. The van der Waals surface area contributed by atoms with E-state index in [1.165, 1.54) is 19.2 Å². The lowest BCUT2D eigenvalue weighted by atomic mass is 9.96. The van der Waals surface area contributed by atoms with E-state index in [4.69, 9.17) is 9.47 Å². The van der Waals surface area contributed by atoms with Gasteiger partial charge in [0.05, 0.1) is 7.11 Å². The van der Waals surface area contributed by atoms with Gasteiger partial charge in [0.2, 0.25) is 0 Å². The molecule has 190 valence electrons. The van der Waals surface area contributed by atoms with Crippen LogP contribution in [0.4, 0.5) is 4.39 Å². The number of halogens is 1. The number of ether oxygens (including phenoxy) is 3. The number of carbonyl (C=O) groups is 1. The summed E-state index contributed by atoms with van der Waals surface area (Å²) in [5.74, 6) is 6.86. The van der Waals surface area contributed by atoms with Crippen molar-refractivity contribution < 1.29 is 23.4 Å². The Morgan fingerprint density at radius 1 is 0.816 bits per heavy atom. The number of aryl methyl sites for hydroxylation is 1. The molecule has 0 aliphatic carbocycles. The summed E-state index contributed by atoms with van der Waals surface area (Å²) in [5, 5.41) is 0. The van der Waals surface area contributed by atoms with Crippen LogP contribution in [0.25, 0.3) is 5.57 Å². The SMILES string of the molecule is COC(=O)COc1ccc(OCC=C(c2ccc(F)cc2)c2ccc(C#Cc3ccccc3)cc2)cc1C. The first-order chi connectivity index (χ1) is 18.5. The molecule has 0 unspecified atom stereocenters. The molecule has 4 aromatic rings. The van der Waals surface area contributed by atoms with Crippen molar-refractivity contribution in [1.29, 1.82) is 0 Å². The first-order valence-electron chi connectivity index (χ1n) is 12.1. The van der Waals surface area contributed by atoms with E-state index >= 15 is 0 Å². The number of esters is 1. The van der Waals surface area contributed by atoms with Crippen molar-refractivity contribution in [2.75, 3.05) is 20.3 Å². The fraction of sp³-hybridized carbons (Fsp3) is 0.121. The Labute approximate surface area is 222 Å². The molecular formula is C33H27FO4. The molecule has 4 nitrogen and oxygen atoms in total. The maximum absolute atomic E-state index is 13.6. The molecule has 0 aliphatic heterocycles. The van der Waals surface area contributed by atoms with E-state index in [0.29, 0.717) is 18.1 Å². The summed E-state index contributed by atoms with van der Waals surface area (Å²) in [6, 6.07) is 29.6. The van der Waals surface area contributed by atoms with Crippen molar-refractivity contribution >= 4 is 11.5 Å². The lowest BCUT2D eigenvalue weighted by Crippen LogP contribution is -2.13. The van der Waals surface area contributed by atoms with Gasteiger partial charge < -0.3 is 14.2 Å². The van der Waals surface area contributed by atoms with Crippen molar-refractivity contribution in [2.24, 2.45) is 0 Å². The highest BCUT2D eigenvalue weighted by molar-refractivity contribution is 5.80. The van der Waals surface area contributed by atoms with Gasteiger partial charge >= 0.3 is 5.97 Å². The standard InChI is InChI=1S/C33H27FO4/c1-24-22-30(18-19-32(24)38-23-33(35)36-2)37-21-20-31(28-14-16-29(34)17-15-28)27-12-10-26(11-13-27)9-8-25-6-4-3-5-7-25/h3-7,10-20,22H,21,23H2,1-2H3. The summed E-state index contributed by atoms with van der Waals surface area (Å²) in [7, 11) is 1.32. The average molecular weight is 507 g/mol. The maximum Gasteiger partial charge on any atom is 0.343 e. The summed E-state index contributed by atoms with van der Waals surface area (Å²) in [4.78, 5) is 11.3. The van der Waals surface area contributed by atoms with Gasteiger partial charge in [-0.2, -0.15) is 0 Å². The van der Waals surface area contributed by atoms with Crippen molar-refractivity contribution in [2.45, 2.75) is 6.92 Å². The zero-order valence-corrected chi connectivity index (χ0v) is 21.2. The molecule has 0 saturated heterocycles. The Balaban J connectivity index is 1.50. The zero-order valence-electron chi connectivity index (χ0n) is 21.2. The van der Waals surface area contributed by atoms with Crippen molar-refractivity contribution in [3.8, 4) is 23.3 Å². The molecule has 0 fully saturated rings. The lowest BCUT2D eigenvalue weighted by molar-refractivity contribution is -0.142. The molecule has 0 N–H and O–H groups in total. The zero-order chi connectivity index (χ0) is 26.7. The maximum atomic E-state index is 13.6. The molecule has 4 rings (SSSR count). The van der Waals surface area contributed by atoms with Crippen LogP contribution in [0, 0.1) is 24.6 Å². The highest BCUT2D eigenvalue weighted by atomic mass is 19.1. The van der Waals surface area contributed by atoms with Crippen LogP contribution in [0.5, 0.6) is 11.5 Å². The van der Waals surface area contributed by atoms with Crippen molar-refractivity contribution in [1.82, 2.24) is 0 Å². The van der Waals surface area contributed by atoms with Gasteiger partial charge in [0.1, 0.15) is 23.9 Å². The van der Waals surface area contributed by atoms with Crippen LogP contribution in [0.1, 0.15) is 27.8 Å². The third kappa shape index (κ3) is 7.35. The minimum absolute atomic E-state index is 0.155. The molecular weight excluding hydrogens is 479 g/mol. The van der Waals surface area contributed by atoms with Crippen LogP contribution < -0.4 is 9.47 Å². The van der Waals surface area contributed by atoms with Gasteiger partial charge in [-0.25, -0.2) is 9.18 Å². The monoisotopic (exact) mass is 506 g/mol. The number of hydrogen-bond donors (Lipinski definition) is 0. The average Bonchev–Trinajstić information content (AvgIpc) is 2.95. The Hall–Kier alpha value is -4.82. The van der Waals surface area contributed by atoms with Crippen LogP contribution >= 0.6 is 0 Å². The smallest absolute Gasteiger partial charge is 0.343 e. The molecule has 0 radical (unpaired) electrons. The Morgan fingerprint density at radius 3 is 2.08 bits per heavy atom. The number of benzene rings is 4. The van der Waals surface area contributed by atoms with Gasteiger partial charge in [-0.15, -0.1) is 0 Å². The van der Waals surface area contributed by atoms with Gasteiger partial charge in [0, 0.05) is 11.1 Å². The molecule has 4 aromatic carbocycles. The van der Waals surface area contributed by atoms with Gasteiger partial charge in [0.25, 0.3) is 0 Å². The van der Waals surface area contributed by atoms with Gasteiger partial charge in [-0.05, 0) is 89.9 Å². The number of carbonyl (C=O) groups excluding carboxylic acids is 1. The number of hydrogen-bond acceptors (Lipinski definition) is 4. The summed E-state index contributed by atoms with van der Waals surface area (Å²) in [5.41, 5.74) is 5.45. The number of rotatable bonds is 8. The Bertz CT molecular complexity index is 1460. The van der Waals surface area contributed by atoms with E-state index < -0.39 is 5.97 Å². The van der Waals surface area contributed by atoms with Crippen LogP contribution in [0.3, 0.4) is 0 Å². The largest absolute Gasteiger partial charge is 0.489 e. The van der Waals surface area contributed by atoms with E-state index in [0.717, 1.165) is 33.4 Å². The van der Waals surface area contributed by atoms with E-state index in [2.05, 4.69) is 16.6 Å². The van der Waals surface area contributed by atoms with Crippen LogP contribution in [0.2, 0.25) is 0 Å². The van der Waals surface area contributed by atoms with E-state index in [1.54, 1.807) is 24.3 Å². The topological polar surface area (TPSA) is 44.8 Å². The summed E-state index contributed by atoms with van der Waals surface area (Å²) in [6.45, 7) is 2.02. The summed E-state index contributed by atoms with van der Waals surface area (Å²) in [6.07, 6.45) is 1.97. The minimum Gasteiger partial charge on any atom is -0.489 e. The van der Waals surface area contributed by atoms with Crippen LogP contribution in [-0.4, -0.2) is 26.3 Å². The second-order valence-electron chi connectivity index (χ2n) is 8.42. The molecule has 0 spiro atoms. The molecule has 0 bridgehead atoms. The molecule has 5 heteroatoms. The van der Waals surface area contributed by atoms with Crippen molar-refractivity contribution in [3.05, 3.63) is 137 Å². The molecule has 0 amide bonds. The second-order valence-corrected chi connectivity index (χ2v) is 8.42. The third-order valence-electron chi connectivity index (χ3n) is 5.73. The van der Waals surface area contributed by atoms with Gasteiger partial charge in [-0.1, -0.05) is 54.3 Å². The van der Waals surface area contributed by atoms with Crippen molar-refractivity contribution in [3.63, 3.8) is 0 Å². The normalized spacial score (nSPS) is 10.8. The summed E-state index contributed by atoms with van der Waals surface area (Å²) >= 11 is 0. The quantitative estimate of drug-likeness (QED) is 0.200. The third-order valence-corrected chi connectivity index (χ3v) is 5.73. The van der Waals surface area contributed by atoms with Gasteiger partial charge in [-0.3, -0.25) is 0 Å². The van der Waals surface area contributed by atoms with Crippen LogP contribution in [0.15, 0.2) is 103 Å². The highest BCUT2D eigenvalue weighted by Crippen LogP contribution is 2.26. The Kier molecular flexibility index (Phi) is 8.93. The first kappa shape index (κ1) is 26.2. The fourth-order valence-electron chi connectivity index (χ4n) is 3.72. The minimum atomic E-state index is -0.445. The predicted molar refractivity (Wildman–Crippen MR) is 147 cm³/mol. The summed E-state index contributed by atoms with van der Waals surface area (Å²) < 4.78 is 29.7. The number of methoxy groups -OCH3 is 1. The molecule has 0 aliphatic rings. The molecule has 0 aromatic heterocycles. The molecule has 0 heterocycles. The first-order valence-corrected chi connectivity index (χ1v) is 12.1. The Morgan fingerprint density at radius 2 is 1.45 bits per heavy atom. The fourth-order valence-corrected chi connectivity index (χ4v) is 3.72.